The first-order valence-electron chi connectivity index (χ1n) is 7.31. The molecule has 1 atom stereocenters. The Kier molecular flexibility index (Phi) is 5.15. The van der Waals surface area contributed by atoms with Gasteiger partial charge in [-0.25, -0.2) is 0 Å². The molecule has 0 aliphatic carbocycles. The minimum Gasteiger partial charge on any atom is -0.393 e. The van der Waals surface area contributed by atoms with E-state index in [1.807, 2.05) is 25.1 Å². The quantitative estimate of drug-likeness (QED) is 0.879. The summed E-state index contributed by atoms with van der Waals surface area (Å²) in [5, 5.41) is 12.3. The fraction of sp³-hybridized carbons (Fsp3) is 0.562. The second-order valence-corrected chi connectivity index (χ2v) is 5.63. The maximum absolute atomic E-state index is 11.6. The Morgan fingerprint density at radius 2 is 2.15 bits per heavy atom. The predicted molar refractivity (Wildman–Crippen MR) is 79.5 cm³/mol. The van der Waals surface area contributed by atoms with E-state index in [0.29, 0.717) is 11.5 Å². The van der Waals surface area contributed by atoms with Gasteiger partial charge in [-0.3, -0.25) is 9.69 Å². The molecule has 1 unspecified atom stereocenters. The summed E-state index contributed by atoms with van der Waals surface area (Å²) in [7, 11) is 1.65. The Morgan fingerprint density at radius 3 is 2.75 bits per heavy atom. The third kappa shape index (κ3) is 3.81. The maximum Gasteiger partial charge on any atom is 0.251 e. The van der Waals surface area contributed by atoms with E-state index in [1.54, 1.807) is 7.05 Å². The second-order valence-electron chi connectivity index (χ2n) is 5.63. The number of hydrogen-bond acceptors (Lipinski definition) is 3. The van der Waals surface area contributed by atoms with Gasteiger partial charge in [-0.05, 0) is 56.5 Å². The average Bonchev–Trinajstić information content (AvgIpc) is 2.47. The zero-order valence-corrected chi connectivity index (χ0v) is 12.3. The highest BCUT2D eigenvalue weighted by molar-refractivity contribution is 5.94. The third-order valence-electron chi connectivity index (χ3n) is 4.14. The van der Waals surface area contributed by atoms with Crippen molar-refractivity contribution in [1.82, 2.24) is 10.2 Å². The topological polar surface area (TPSA) is 52.6 Å². The Morgan fingerprint density at radius 1 is 1.45 bits per heavy atom. The molecule has 4 nitrogen and oxygen atoms in total. The van der Waals surface area contributed by atoms with Crippen LogP contribution in [-0.4, -0.2) is 42.2 Å². The van der Waals surface area contributed by atoms with Gasteiger partial charge >= 0.3 is 0 Å². The zero-order chi connectivity index (χ0) is 14.5. The molecule has 0 bridgehead atoms. The first kappa shape index (κ1) is 15.0. The van der Waals surface area contributed by atoms with E-state index in [4.69, 9.17) is 0 Å². The normalized spacial score (nSPS) is 18.8. The van der Waals surface area contributed by atoms with E-state index in [1.165, 1.54) is 5.56 Å². The number of carbonyl (C=O) groups excluding carboxylic acids is 1. The highest BCUT2D eigenvalue weighted by Crippen LogP contribution is 2.22. The fourth-order valence-electron chi connectivity index (χ4n) is 2.81. The lowest BCUT2D eigenvalue weighted by atomic mass is 9.92. The SMILES string of the molecule is CNC(=O)c1cccc(CN2CCC(C(C)O)CC2)c1. The van der Waals surface area contributed by atoms with Crippen LogP contribution in [0.3, 0.4) is 0 Å². The van der Waals surface area contributed by atoms with Gasteiger partial charge < -0.3 is 10.4 Å². The van der Waals surface area contributed by atoms with Crippen LogP contribution in [0.5, 0.6) is 0 Å². The van der Waals surface area contributed by atoms with Crippen molar-refractivity contribution < 1.29 is 9.90 Å². The van der Waals surface area contributed by atoms with Gasteiger partial charge in [0.25, 0.3) is 5.91 Å². The number of rotatable bonds is 4. The molecule has 0 spiro atoms. The molecule has 1 saturated heterocycles. The largest absolute Gasteiger partial charge is 0.393 e. The highest BCUT2D eigenvalue weighted by atomic mass is 16.3. The van der Waals surface area contributed by atoms with Gasteiger partial charge in [0, 0.05) is 19.2 Å². The van der Waals surface area contributed by atoms with Crippen LogP contribution in [0.4, 0.5) is 0 Å². The average molecular weight is 276 g/mol. The Balaban J connectivity index is 1.93. The lowest BCUT2D eigenvalue weighted by Crippen LogP contribution is -2.36. The molecule has 1 aromatic carbocycles. The first-order valence-corrected chi connectivity index (χ1v) is 7.31. The first-order chi connectivity index (χ1) is 9.60. The van der Waals surface area contributed by atoms with Gasteiger partial charge in [-0.2, -0.15) is 0 Å². The molecular weight excluding hydrogens is 252 g/mol. The summed E-state index contributed by atoms with van der Waals surface area (Å²) in [6.07, 6.45) is 1.90. The smallest absolute Gasteiger partial charge is 0.251 e. The molecule has 0 saturated carbocycles. The van der Waals surface area contributed by atoms with Crippen molar-refractivity contribution >= 4 is 5.91 Å². The van der Waals surface area contributed by atoms with Crippen molar-refractivity contribution in [3.8, 4) is 0 Å². The van der Waals surface area contributed by atoms with E-state index in [-0.39, 0.29) is 12.0 Å². The molecule has 0 radical (unpaired) electrons. The van der Waals surface area contributed by atoms with Gasteiger partial charge in [0.1, 0.15) is 0 Å². The number of carbonyl (C=O) groups is 1. The van der Waals surface area contributed by atoms with Gasteiger partial charge in [-0.15, -0.1) is 0 Å². The molecule has 1 aliphatic rings. The van der Waals surface area contributed by atoms with E-state index in [2.05, 4.69) is 16.3 Å². The summed E-state index contributed by atoms with van der Waals surface area (Å²) in [5.74, 6) is 0.392. The van der Waals surface area contributed by atoms with E-state index >= 15 is 0 Å². The molecule has 1 heterocycles. The predicted octanol–water partition coefficient (Wildman–Crippen LogP) is 1.64. The van der Waals surface area contributed by atoms with Crippen LogP contribution in [0.25, 0.3) is 0 Å². The summed E-state index contributed by atoms with van der Waals surface area (Å²) in [6, 6.07) is 7.79. The number of hydrogen-bond donors (Lipinski definition) is 2. The van der Waals surface area contributed by atoms with E-state index in [0.717, 1.165) is 32.5 Å². The lowest BCUT2D eigenvalue weighted by Gasteiger charge is -2.33. The number of amides is 1. The Bertz CT molecular complexity index is 452. The molecule has 1 amide bonds. The van der Waals surface area contributed by atoms with Gasteiger partial charge in [0.05, 0.1) is 6.10 Å². The molecule has 1 fully saturated rings. The van der Waals surface area contributed by atoms with Crippen molar-refractivity contribution in [3.05, 3.63) is 35.4 Å². The van der Waals surface area contributed by atoms with Crippen molar-refractivity contribution in [1.29, 1.82) is 0 Å². The van der Waals surface area contributed by atoms with E-state index < -0.39 is 0 Å². The molecule has 0 aromatic heterocycles. The van der Waals surface area contributed by atoms with E-state index in [9.17, 15) is 9.90 Å². The van der Waals surface area contributed by atoms with Crippen LogP contribution in [0.2, 0.25) is 0 Å². The summed E-state index contributed by atoms with van der Waals surface area (Å²) < 4.78 is 0. The van der Waals surface area contributed by atoms with Gasteiger partial charge in [0.15, 0.2) is 0 Å². The second kappa shape index (κ2) is 6.86. The molecule has 1 aliphatic heterocycles. The Hall–Kier alpha value is -1.39. The summed E-state index contributed by atoms with van der Waals surface area (Å²) in [5.41, 5.74) is 1.88. The number of nitrogens with zero attached hydrogens (tertiary/aromatic N) is 1. The van der Waals surface area contributed by atoms with Gasteiger partial charge in [0.2, 0.25) is 0 Å². The minimum absolute atomic E-state index is 0.0420. The van der Waals surface area contributed by atoms with Crippen molar-refractivity contribution in [2.24, 2.45) is 5.92 Å². The molecule has 110 valence electrons. The number of aliphatic hydroxyl groups excluding tert-OH is 1. The molecular formula is C16H24N2O2. The molecule has 2 N–H and O–H groups in total. The minimum atomic E-state index is -0.200. The maximum atomic E-state index is 11.6. The standard InChI is InChI=1S/C16H24N2O2/c1-12(19)14-6-8-18(9-7-14)11-13-4-3-5-15(10-13)16(20)17-2/h3-5,10,12,14,19H,6-9,11H2,1-2H3,(H,17,20). The number of likely N-dealkylation sites (tertiary alicyclic amines) is 1. The third-order valence-corrected chi connectivity index (χ3v) is 4.14. The number of aliphatic hydroxyl groups is 1. The molecule has 4 heteroatoms. The van der Waals surface area contributed by atoms with Crippen LogP contribution in [0.1, 0.15) is 35.7 Å². The highest BCUT2D eigenvalue weighted by Gasteiger charge is 2.22. The molecule has 20 heavy (non-hydrogen) atoms. The van der Waals surface area contributed by atoms with Crippen LogP contribution < -0.4 is 5.32 Å². The van der Waals surface area contributed by atoms with Crippen LogP contribution >= 0.6 is 0 Å². The fourth-order valence-corrected chi connectivity index (χ4v) is 2.81. The lowest BCUT2D eigenvalue weighted by molar-refractivity contribution is 0.0695. The Labute approximate surface area is 120 Å². The van der Waals surface area contributed by atoms with Gasteiger partial charge in [-0.1, -0.05) is 12.1 Å². The number of nitrogens with one attached hydrogen (secondary N) is 1. The van der Waals surface area contributed by atoms with Crippen LogP contribution in [-0.2, 0) is 6.54 Å². The van der Waals surface area contributed by atoms with Crippen molar-refractivity contribution in [3.63, 3.8) is 0 Å². The van der Waals surface area contributed by atoms with Crippen LogP contribution in [0, 0.1) is 5.92 Å². The number of piperidine rings is 1. The van der Waals surface area contributed by atoms with Crippen LogP contribution in [0.15, 0.2) is 24.3 Å². The summed E-state index contributed by atoms with van der Waals surface area (Å²) >= 11 is 0. The number of benzene rings is 1. The monoisotopic (exact) mass is 276 g/mol. The molecule has 2 rings (SSSR count). The molecule has 1 aromatic rings. The summed E-state index contributed by atoms with van der Waals surface area (Å²) in [6.45, 7) is 4.78. The zero-order valence-electron chi connectivity index (χ0n) is 12.3. The van der Waals surface area contributed by atoms with Crippen molar-refractivity contribution in [2.45, 2.75) is 32.4 Å². The van der Waals surface area contributed by atoms with Crippen molar-refractivity contribution in [2.75, 3.05) is 20.1 Å². The summed E-state index contributed by atoms with van der Waals surface area (Å²) in [4.78, 5) is 14.0.